The molecule has 1 aliphatic rings. The van der Waals surface area contributed by atoms with Gasteiger partial charge in [0.15, 0.2) is 5.03 Å². The molecule has 6 rings (SSSR count). The second kappa shape index (κ2) is 9.16. The summed E-state index contributed by atoms with van der Waals surface area (Å²) in [6, 6.07) is 20.7. The van der Waals surface area contributed by atoms with Crippen molar-refractivity contribution in [3.63, 3.8) is 0 Å². The highest BCUT2D eigenvalue weighted by molar-refractivity contribution is 7.91. The summed E-state index contributed by atoms with van der Waals surface area (Å²) in [7, 11) is -3.92. The first-order valence-electron chi connectivity index (χ1n) is 12.1. The zero-order chi connectivity index (χ0) is 24.7. The Morgan fingerprint density at radius 2 is 1.64 bits per heavy atom. The van der Waals surface area contributed by atoms with Crippen molar-refractivity contribution in [3.05, 3.63) is 84.3 Å². The maximum absolute atomic E-state index is 13.6. The van der Waals surface area contributed by atoms with E-state index in [2.05, 4.69) is 48.7 Å². The maximum Gasteiger partial charge on any atom is 0.226 e. The highest BCUT2D eigenvalue weighted by Gasteiger charge is 2.31. The van der Waals surface area contributed by atoms with E-state index in [4.69, 9.17) is 0 Å². The SMILES string of the molecule is O=S(=O)(c1ccccc1)c1nc2[nH]ccc2c2c1nc(CO)n2C1CCN(Cc2ccccc2)CC1. The number of nitrogens with one attached hydrogen (secondary N) is 1. The zero-order valence-corrected chi connectivity index (χ0v) is 20.5. The van der Waals surface area contributed by atoms with Gasteiger partial charge in [-0.05, 0) is 36.6 Å². The van der Waals surface area contributed by atoms with Crippen LogP contribution in [0.15, 0.2) is 82.8 Å². The molecule has 1 fully saturated rings. The first kappa shape index (κ1) is 22.9. The van der Waals surface area contributed by atoms with E-state index in [-0.39, 0.29) is 22.6 Å². The smallest absolute Gasteiger partial charge is 0.226 e. The van der Waals surface area contributed by atoms with E-state index in [1.54, 1.807) is 36.5 Å². The molecule has 3 aromatic heterocycles. The maximum atomic E-state index is 13.6. The Hall–Kier alpha value is -3.53. The topological polar surface area (TPSA) is 104 Å². The van der Waals surface area contributed by atoms with Gasteiger partial charge in [0.05, 0.1) is 10.4 Å². The van der Waals surface area contributed by atoms with Crippen LogP contribution in [-0.2, 0) is 23.0 Å². The van der Waals surface area contributed by atoms with E-state index in [1.807, 2.05) is 12.1 Å². The molecule has 4 heterocycles. The Labute approximate surface area is 209 Å². The number of benzene rings is 2. The fourth-order valence-electron chi connectivity index (χ4n) is 5.26. The van der Waals surface area contributed by atoms with Crippen molar-refractivity contribution in [2.75, 3.05) is 13.1 Å². The summed E-state index contributed by atoms with van der Waals surface area (Å²) in [4.78, 5) is 14.8. The van der Waals surface area contributed by atoms with Gasteiger partial charge in [0.1, 0.15) is 23.6 Å². The van der Waals surface area contributed by atoms with Crippen LogP contribution in [0.3, 0.4) is 0 Å². The molecule has 2 aromatic carbocycles. The lowest BCUT2D eigenvalue weighted by Crippen LogP contribution is -2.34. The number of aromatic amines is 1. The normalized spacial score (nSPS) is 15.7. The molecule has 0 atom stereocenters. The molecule has 0 aliphatic carbocycles. The average Bonchev–Trinajstić information content (AvgIpc) is 3.54. The Balaban J connectivity index is 1.43. The number of rotatable bonds is 6. The third-order valence-electron chi connectivity index (χ3n) is 7.00. The van der Waals surface area contributed by atoms with Gasteiger partial charge in [-0.1, -0.05) is 48.5 Å². The summed E-state index contributed by atoms with van der Waals surface area (Å²) in [5.74, 6) is 0.464. The molecule has 184 valence electrons. The summed E-state index contributed by atoms with van der Waals surface area (Å²) >= 11 is 0. The van der Waals surface area contributed by atoms with Crippen molar-refractivity contribution < 1.29 is 13.5 Å². The molecular weight excluding hydrogens is 474 g/mol. The van der Waals surface area contributed by atoms with Gasteiger partial charge >= 0.3 is 0 Å². The fourth-order valence-corrected chi connectivity index (χ4v) is 6.61. The van der Waals surface area contributed by atoms with E-state index in [0.717, 1.165) is 37.9 Å². The van der Waals surface area contributed by atoms with Crippen LogP contribution in [0, 0.1) is 0 Å². The summed E-state index contributed by atoms with van der Waals surface area (Å²) in [6.45, 7) is 2.42. The monoisotopic (exact) mass is 501 g/mol. The largest absolute Gasteiger partial charge is 0.388 e. The number of likely N-dealkylation sites (tertiary alicyclic amines) is 1. The predicted molar refractivity (Wildman–Crippen MR) is 137 cm³/mol. The highest BCUT2D eigenvalue weighted by atomic mass is 32.2. The molecule has 1 saturated heterocycles. The minimum atomic E-state index is -3.92. The van der Waals surface area contributed by atoms with Crippen molar-refractivity contribution in [1.29, 1.82) is 0 Å². The summed E-state index contributed by atoms with van der Waals surface area (Å²) < 4.78 is 29.3. The highest BCUT2D eigenvalue weighted by Crippen LogP contribution is 2.36. The van der Waals surface area contributed by atoms with E-state index in [1.165, 1.54) is 5.56 Å². The number of hydrogen-bond donors (Lipinski definition) is 2. The van der Waals surface area contributed by atoms with E-state index in [9.17, 15) is 13.5 Å². The lowest BCUT2D eigenvalue weighted by Gasteiger charge is -2.33. The van der Waals surface area contributed by atoms with Crippen LogP contribution >= 0.6 is 0 Å². The second-order valence-electron chi connectivity index (χ2n) is 9.22. The number of aromatic nitrogens is 4. The Bertz CT molecular complexity index is 1620. The molecule has 8 nitrogen and oxygen atoms in total. The van der Waals surface area contributed by atoms with Crippen LogP contribution in [0.1, 0.15) is 30.3 Å². The van der Waals surface area contributed by atoms with Gasteiger partial charge < -0.3 is 14.7 Å². The van der Waals surface area contributed by atoms with Gasteiger partial charge in [-0.2, -0.15) is 0 Å². The van der Waals surface area contributed by atoms with Crippen LogP contribution in [-0.4, -0.2) is 51.0 Å². The molecule has 36 heavy (non-hydrogen) atoms. The average molecular weight is 502 g/mol. The predicted octanol–water partition coefficient (Wildman–Crippen LogP) is 4.07. The Morgan fingerprint density at radius 3 is 2.33 bits per heavy atom. The van der Waals surface area contributed by atoms with Crippen LogP contribution in [0.4, 0.5) is 0 Å². The molecule has 0 saturated carbocycles. The zero-order valence-electron chi connectivity index (χ0n) is 19.7. The second-order valence-corrected chi connectivity index (χ2v) is 11.1. The molecular formula is C27H27N5O3S. The van der Waals surface area contributed by atoms with Crippen LogP contribution in [0.5, 0.6) is 0 Å². The van der Waals surface area contributed by atoms with Crippen molar-refractivity contribution in [1.82, 2.24) is 24.4 Å². The number of piperidine rings is 1. The number of nitrogens with zero attached hydrogens (tertiary/aromatic N) is 4. The number of fused-ring (bicyclic) bond motifs is 3. The number of aliphatic hydroxyl groups excluding tert-OH is 1. The van der Waals surface area contributed by atoms with Crippen molar-refractivity contribution >= 4 is 31.9 Å². The number of pyridine rings is 1. The van der Waals surface area contributed by atoms with Gasteiger partial charge in [0.25, 0.3) is 0 Å². The van der Waals surface area contributed by atoms with E-state index in [0.29, 0.717) is 22.5 Å². The van der Waals surface area contributed by atoms with E-state index < -0.39 is 9.84 Å². The first-order valence-corrected chi connectivity index (χ1v) is 13.6. The number of hydrogen-bond acceptors (Lipinski definition) is 6. The van der Waals surface area contributed by atoms with E-state index >= 15 is 0 Å². The molecule has 0 unspecified atom stereocenters. The van der Waals surface area contributed by atoms with Crippen molar-refractivity contribution in [3.8, 4) is 0 Å². The van der Waals surface area contributed by atoms with Gasteiger partial charge in [-0.15, -0.1) is 0 Å². The molecule has 9 heteroatoms. The first-order chi connectivity index (χ1) is 17.6. The summed E-state index contributed by atoms with van der Waals surface area (Å²) in [5.41, 5.74) is 2.79. The fraction of sp³-hybridized carbons (Fsp3) is 0.259. The molecule has 1 aliphatic heterocycles. The molecule has 0 amide bonds. The van der Waals surface area contributed by atoms with Crippen LogP contribution < -0.4 is 0 Å². The molecule has 2 N–H and O–H groups in total. The van der Waals surface area contributed by atoms with Crippen molar-refractivity contribution in [2.45, 2.75) is 42.0 Å². The third-order valence-corrected chi connectivity index (χ3v) is 8.69. The Kier molecular flexibility index (Phi) is 5.83. The number of H-pyrrole nitrogens is 1. The summed E-state index contributed by atoms with van der Waals surface area (Å²) in [6.07, 6.45) is 3.51. The molecule has 5 aromatic rings. The van der Waals surface area contributed by atoms with Crippen LogP contribution in [0.2, 0.25) is 0 Å². The standard InChI is InChI=1S/C27H27N5O3S/c33-18-23-29-24-25(32(23)20-12-15-31(16-13-20)17-19-7-3-1-4-8-19)22-11-14-28-26(22)30-27(24)36(34,35)21-9-5-2-6-10-21/h1-11,14,20,33H,12-13,15-18H2,(H,28,30). The lowest BCUT2D eigenvalue weighted by molar-refractivity contribution is 0.174. The number of aliphatic hydroxyl groups is 1. The van der Waals surface area contributed by atoms with Gasteiger partial charge in [-0.3, -0.25) is 4.90 Å². The number of imidazole rings is 1. The van der Waals surface area contributed by atoms with Crippen molar-refractivity contribution in [2.24, 2.45) is 0 Å². The molecule has 0 radical (unpaired) electrons. The van der Waals surface area contributed by atoms with Crippen LogP contribution in [0.25, 0.3) is 22.1 Å². The van der Waals surface area contributed by atoms with Gasteiger partial charge in [-0.25, -0.2) is 18.4 Å². The lowest BCUT2D eigenvalue weighted by atomic mass is 10.0. The van der Waals surface area contributed by atoms with Gasteiger partial charge in [0, 0.05) is 37.3 Å². The van der Waals surface area contributed by atoms with Gasteiger partial charge in [0.2, 0.25) is 9.84 Å². The third kappa shape index (κ3) is 3.89. The number of sulfone groups is 1. The minimum Gasteiger partial charge on any atom is -0.388 e. The Morgan fingerprint density at radius 1 is 0.944 bits per heavy atom. The minimum absolute atomic E-state index is 0.0892. The molecule has 0 bridgehead atoms. The summed E-state index contributed by atoms with van der Waals surface area (Å²) in [5, 5.41) is 11.0. The quantitative estimate of drug-likeness (QED) is 0.363. The molecule has 0 spiro atoms.